The summed E-state index contributed by atoms with van der Waals surface area (Å²) in [4.78, 5) is 0. The van der Waals surface area contributed by atoms with Gasteiger partial charge in [-0.2, -0.15) is 0 Å². The standard InChI is InChI=1S/C14H19Cl2NO.ClH/c15-12-5-4-11(14(16)9-12)10-18-8-6-13-3-1-2-7-17-13;/h4-5,9,13,17H,1-3,6-8,10H2;1H. The third kappa shape index (κ3) is 5.88. The second-order valence-electron chi connectivity index (χ2n) is 4.72. The summed E-state index contributed by atoms with van der Waals surface area (Å²) in [7, 11) is 0. The number of rotatable bonds is 5. The Hall–Kier alpha value is 0.01000. The number of piperidine rings is 1. The number of benzene rings is 1. The van der Waals surface area contributed by atoms with Gasteiger partial charge in [-0.1, -0.05) is 35.7 Å². The summed E-state index contributed by atoms with van der Waals surface area (Å²) < 4.78 is 5.68. The van der Waals surface area contributed by atoms with E-state index >= 15 is 0 Å². The molecule has 1 unspecified atom stereocenters. The number of hydrogen-bond donors (Lipinski definition) is 1. The van der Waals surface area contributed by atoms with Crippen LogP contribution in [0.25, 0.3) is 0 Å². The Balaban J connectivity index is 0.00000180. The zero-order valence-corrected chi connectivity index (χ0v) is 13.2. The van der Waals surface area contributed by atoms with E-state index in [0.717, 1.165) is 25.1 Å². The van der Waals surface area contributed by atoms with Crippen molar-refractivity contribution in [2.75, 3.05) is 13.2 Å². The molecule has 2 rings (SSSR count). The van der Waals surface area contributed by atoms with Gasteiger partial charge in [0.25, 0.3) is 0 Å². The van der Waals surface area contributed by atoms with Crippen LogP contribution in [-0.2, 0) is 11.3 Å². The van der Waals surface area contributed by atoms with Crippen LogP contribution in [-0.4, -0.2) is 19.2 Å². The lowest BCUT2D eigenvalue weighted by Crippen LogP contribution is -2.34. The van der Waals surface area contributed by atoms with Crippen LogP contribution in [0.3, 0.4) is 0 Å². The maximum Gasteiger partial charge on any atom is 0.0731 e. The Labute approximate surface area is 131 Å². The van der Waals surface area contributed by atoms with Gasteiger partial charge in [0.2, 0.25) is 0 Å². The molecule has 5 heteroatoms. The molecule has 1 aliphatic heterocycles. The van der Waals surface area contributed by atoms with E-state index in [1.54, 1.807) is 6.07 Å². The molecule has 1 atom stereocenters. The molecule has 1 N–H and O–H groups in total. The van der Waals surface area contributed by atoms with E-state index < -0.39 is 0 Å². The molecule has 0 aromatic heterocycles. The van der Waals surface area contributed by atoms with Crippen molar-refractivity contribution >= 4 is 35.6 Å². The average molecular weight is 325 g/mol. The first-order valence-corrected chi connectivity index (χ1v) is 7.26. The van der Waals surface area contributed by atoms with Crippen LogP contribution < -0.4 is 5.32 Å². The van der Waals surface area contributed by atoms with Crippen molar-refractivity contribution in [1.82, 2.24) is 5.32 Å². The first kappa shape index (κ1) is 17.1. The molecule has 0 radical (unpaired) electrons. The predicted molar refractivity (Wildman–Crippen MR) is 83.6 cm³/mol. The molecule has 0 aliphatic carbocycles. The molecule has 0 amide bonds. The van der Waals surface area contributed by atoms with E-state index in [1.165, 1.54) is 19.3 Å². The summed E-state index contributed by atoms with van der Waals surface area (Å²) in [5.74, 6) is 0. The molecule has 1 heterocycles. The van der Waals surface area contributed by atoms with Crippen LogP contribution in [0.2, 0.25) is 10.0 Å². The van der Waals surface area contributed by atoms with Gasteiger partial charge in [-0.3, -0.25) is 0 Å². The highest BCUT2D eigenvalue weighted by molar-refractivity contribution is 6.35. The highest BCUT2D eigenvalue weighted by Crippen LogP contribution is 2.21. The Morgan fingerprint density at radius 1 is 1.26 bits per heavy atom. The van der Waals surface area contributed by atoms with E-state index in [4.69, 9.17) is 27.9 Å². The van der Waals surface area contributed by atoms with Crippen molar-refractivity contribution in [2.45, 2.75) is 38.3 Å². The molecule has 0 spiro atoms. The molecule has 108 valence electrons. The topological polar surface area (TPSA) is 21.3 Å². The van der Waals surface area contributed by atoms with Gasteiger partial charge in [0.05, 0.1) is 6.61 Å². The van der Waals surface area contributed by atoms with Gasteiger partial charge in [-0.15, -0.1) is 12.4 Å². The Morgan fingerprint density at radius 3 is 2.79 bits per heavy atom. The minimum Gasteiger partial charge on any atom is -0.377 e. The lowest BCUT2D eigenvalue weighted by Gasteiger charge is -2.23. The van der Waals surface area contributed by atoms with Gasteiger partial charge in [0, 0.05) is 22.7 Å². The monoisotopic (exact) mass is 323 g/mol. The maximum atomic E-state index is 6.08. The molecule has 1 fully saturated rings. The maximum absolute atomic E-state index is 6.08. The smallest absolute Gasteiger partial charge is 0.0731 e. The summed E-state index contributed by atoms with van der Waals surface area (Å²) in [5, 5.41) is 4.85. The molecule has 19 heavy (non-hydrogen) atoms. The minimum atomic E-state index is 0. The lowest BCUT2D eigenvalue weighted by atomic mass is 10.0. The van der Waals surface area contributed by atoms with E-state index in [-0.39, 0.29) is 12.4 Å². The van der Waals surface area contributed by atoms with Crippen LogP contribution in [0.1, 0.15) is 31.2 Å². The molecule has 1 aromatic carbocycles. The van der Waals surface area contributed by atoms with Crippen LogP contribution in [0.5, 0.6) is 0 Å². The first-order valence-electron chi connectivity index (χ1n) is 6.51. The number of hydrogen-bond acceptors (Lipinski definition) is 2. The Bertz CT molecular complexity index is 381. The molecule has 1 aliphatic rings. The van der Waals surface area contributed by atoms with E-state index in [0.29, 0.717) is 22.7 Å². The zero-order valence-electron chi connectivity index (χ0n) is 10.8. The number of ether oxygens (including phenoxy) is 1. The average Bonchev–Trinajstić information content (AvgIpc) is 2.38. The minimum absolute atomic E-state index is 0. The van der Waals surface area contributed by atoms with Crippen molar-refractivity contribution in [2.24, 2.45) is 0 Å². The molecule has 2 nitrogen and oxygen atoms in total. The van der Waals surface area contributed by atoms with Crippen molar-refractivity contribution < 1.29 is 4.74 Å². The first-order chi connectivity index (χ1) is 8.75. The van der Waals surface area contributed by atoms with Gasteiger partial charge in [0.15, 0.2) is 0 Å². The number of halogens is 3. The van der Waals surface area contributed by atoms with Gasteiger partial charge in [-0.25, -0.2) is 0 Å². The lowest BCUT2D eigenvalue weighted by molar-refractivity contribution is 0.108. The third-order valence-corrected chi connectivity index (χ3v) is 3.88. The second kappa shape index (κ2) is 9.04. The van der Waals surface area contributed by atoms with E-state index in [2.05, 4.69) is 5.32 Å². The van der Waals surface area contributed by atoms with Crippen LogP contribution in [0, 0.1) is 0 Å². The molecular formula is C14H20Cl3NO. The Morgan fingerprint density at radius 2 is 2.11 bits per heavy atom. The summed E-state index contributed by atoms with van der Waals surface area (Å²) in [5.41, 5.74) is 0.998. The van der Waals surface area contributed by atoms with Gasteiger partial charge < -0.3 is 10.1 Å². The van der Waals surface area contributed by atoms with Crippen LogP contribution in [0.15, 0.2) is 18.2 Å². The third-order valence-electron chi connectivity index (χ3n) is 3.30. The summed E-state index contributed by atoms with van der Waals surface area (Å²) >= 11 is 11.9. The van der Waals surface area contributed by atoms with Crippen LogP contribution >= 0.6 is 35.6 Å². The quantitative estimate of drug-likeness (QED) is 0.807. The summed E-state index contributed by atoms with van der Waals surface area (Å²) in [6.45, 7) is 2.48. The highest BCUT2D eigenvalue weighted by atomic mass is 35.5. The normalized spacial score (nSPS) is 18.9. The van der Waals surface area contributed by atoms with Gasteiger partial charge in [0.1, 0.15) is 0 Å². The highest BCUT2D eigenvalue weighted by Gasteiger charge is 2.11. The van der Waals surface area contributed by atoms with E-state index in [9.17, 15) is 0 Å². The van der Waals surface area contributed by atoms with Crippen molar-refractivity contribution in [3.05, 3.63) is 33.8 Å². The fraction of sp³-hybridized carbons (Fsp3) is 0.571. The van der Waals surface area contributed by atoms with Crippen LogP contribution in [0.4, 0.5) is 0 Å². The fourth-order valence-electron chi connectivity index (χ4n) is 2.22. The fourth-order valence-corrected chi connectivity index (χ4v) is 2.68. The molecule has 0 bridgehead atoms. The summed E-state index contributed by atoms with van der Waals surface area (Å²) in [6, 6.07) is 6.14. The molecule has 1 saturated heterocycles. The van der Waals surface area contributed by atoms with Crippen molar-refractivity contribution in [3.8, 4) is 0 Å². The predicted octanol–water partition coefficient (Wildman–Crippen LogP) is 4.46. The summed E-state index contributed by atoms with van der Waals surface area (Å²) in [6.07, 6.45) is 4.98. The second-order valence-corrected chi connectivity index (χ2v) is 5.57. The molecular weight excluding hydrogens is 305 g/mol. The van der Waals surface area contributed by atoms with Gasteiger partial charge >= 0.3 is 0 Å². The SMILES string of the molecule is Cl.Clc1ccc(COCCC2CCCCN2)c(Cl)c1. The van der Waals surface area contributed by atoms with Gasteiger partial charge in [-0.05, 0) is 43.5 Å². The largest absolute Gasteiger partial charge is 0.377 e. The van der Waals surface area contributed by atoms with Crippen molar-refractivity contribution in [1.29, 1.82) is 0 Å². The molecule has 0 saturated carbocycles. The van der Waals surface area contributed by atoms with E-state index in [1.807, 2.05) is 12.1 Å². The zero-order chi connectivity index (χ0) is 12.8. The van der Waals surface area contributed by atoms with Crippen molar-refractivity contribution in [3.63, 3.8) is 0 Å². The number of nitrogens with one attached hydrogen (secondary N) is 1. The molecule has 1 aromatic rings. The Kier molecular flexibility index (Phi) is 8.12.